The molecule has 0 aliphatic heterocycles. The van der Waals surface area contributed by atoms with Crippen molar-refractivity contribution in [3.05, 3.63) is 35.6 Å². The highest BCUT2D eigenvalue weighted by Crippen LogP contribution is 2.25. The first-order valence-corrected chi connectivity index (χ1v) is 8.09. The Morgan fingerprint density at radius 2 is 2.00 bits per heavy atom. The summed E-state index contributed by atoms with van der Waals surface area (Å²) in [6.07, 6.45) is 4.77. The molecule has 1 aliphatic rings. The first kappa shape index (κ1) is 16.8. The summed E-state index contributed by atoms with van der Waals surface area (Å²) in [6, 6.07) is 6.82. The molecule has 0 unspecified atom stereocenters. The third-order valence-electron chi connectivity index (χ3n) is 3.92. The van der Waals surface area contributed by atoms with Gasteiger partial charge in [0, 0.05) is 12.6 Å². The molecular formula is C18H26FNO2. The van der Waals surface area contributed by atoms with Crippen molar-refractivity contribution in [3.8, 4) is 0 Å². The molecule has 0 N–H and O–H groups in total. The van der Waals surface area contributed by atoms with E-state index in [1.165, 1.54) is 12.1 Å². The maximum absolute atomic E-state index is 13.3. The van der Waals surface area contributed by atoms with Crippen LogP contribution in [0.4, 0.5) is 9.18 Å². The van der Waals surface area contributed by atoms with E-state index in [9.17, 15) is 9.18 Å². The molecule has 4 heteroatoms. The van der Waals surface area contributed by atoms with Crippen LogP contribution in [0.2, 0.25) is 0 Å². The fourth-order valence-corrected chi connectivity index (χ4v) is 2.90. The van der Waals surface area contributed by atoms with Crippen molar-refractivity contribution in [2.45, 2.75) is 64.5 Å². The molecule has 0 saturated heterocycles. The number of carbonyl (C=O) groups is 1. The first-order valence-electron chi connectivity index (χ1n) is 8.09. The molecule has 0 aromatic heterocycles. The van der Waals surface area contributed by atoms with Crippen molar-refractivity contribution in [2.24, 2.45) is 0 Å². The summed E-state index contributed by atoms with van der Waals surface area (Å²) in [5.74, 6) is -0.234. The van der Waals surface area contributed by atoms with Gasteiger partial charge in [-0.25, -0.2) is 9.18 Å². The molecule has 2 rings (SSSR count). The highest BCUT2D eigenvalue weighted by molar-refractivity contribution is 5.68. The van der Waals surface area contributed by atoms with Crippen LogP contribution in [0.5, 0.6) is 0 Å². The smallest absolute Gasteiger partial charge is 0.410 e. The SMILES string of the molecule is CC(C)(C)OC(=O)N(CCc1cccc(F)c1)C1CCCC1. The highest BCUT2D eigenvalue weighted by Gasteiger charge is 2.29. The molecular weight excluding hydrogens is 281 g/mol. The number of hydrogen-bond acceptors (Lipinski definition) is 2. The van der Waals surface area contributed by atoms with Crippen molar-refractivity contribution in [1.29, 1.82) is 0 Å². The number of rotatable bonds is 4. The minimum absolute atomic E-state index is 0.234. The lowest BCUT2D eigenvalue weighted by Crippen LogP contribution is -2.43. The molecule has 1 saturated carbocycles. The van der Waals surface area contributed by atoms with E-state index in [0.29, 0.717) is 13.0 Å². The molecule has 1 amide bonds. The second-order valence-electron chi connectivity index (χ2n) is 6.99. The predicted molar refractivity (Wildman–Crippen MR) is 85.3 cm³/mol. The Hall–Kier alpha value is -1.58. The molecule has 0 heterocycles. The number of nitrogens with zero attached hydrogens (tertiary/aromatic N) is 1. The van der Waals surface area contributed by atoms with Gasteiger partial charge in [0.1, 0.15) is 11.4 Å². The summed E-state index contributed by atoms with van der Waals surface area (Å²) in [7, 11) is 0. The summed E-state index contributed by atoms with van der Waals surface area (Å²) in [5, 5.41) is 0. The van der Waals surface area contributed by atoms with Crippen LogP contribution in [-0.2, 0) is 11.2 Å². The maximum atomic E-state index is 13.3. The van der Waals surface area contributed by atoms with Gasteiger partial charge in [-0.3, -0.25) is 0 Å². The number of benzene rings is 1. The Morgan fingerprint density at radius 3 is 2.59 bits per heavy atom. The minimum Gasteiger partial charge on any atom is -0.444 e. The van der Waals surface area contributed by atoms with Crippen LogP contribution < -0.4 is 0 Å². The lowest BCUT2D eigenvalue weighted by Gasteiger charge is -2.31. The van der Waals surface area contributed by atoms with Crippen LogP contribution in [0.25, 0.3) is 0 Å². The fraction of sp³-hybridized carbons (Fsp3) is 0.611. The molecule has 22 heavy (non-hydrogen) atoms. The number of ether oxygens (including phenoxy) is 1. The van der Waals surface area contributed by atoms with Gasteiger partial charge in [-0.05, 0) is 57.7 Å². The van der Waals surface area contributed by atoms with E-state index in [4.69, 9.17) is 4.74 Å². The lowest BCUT2D eigenvalue weighted by molar-refractivity contribution is 0.0168. The van der Waals surface area contributed by atoms with Crippen LogP contribution in [0.1, 0.15) is 52.0 Å². The molecule has 1 fully saturated rings. The van der Waals surface area contributed by atoms with Gasteiger partial charge in [-0.2, -0.15) is 0 Å². The van der Waals surface area contributed by atoms with Gasteiger partial charge in [0.25, 0.3) is 0 Å². The van der Waals surface area contributed by atoms with Crippen molar-refractivity contribution in [2.75, 3.05) is 6.54 Å². The first-order chi connectivity index (χ1) is 10.3. The second-order valence-corrected chi connectivity index (χ2v) is 6.99. The van der Waals surface area contributed by atoms with E-state index in [1.54, 1.807) is 6.07 Å². The zero-order chi connectivity index (χ0) is 16.2. The van der Waals surface area contributed by atoms with Gasteiger partial charge in [-0.15, -0.1) is 0 Å². The van der Waals surface area contributed by atoms with E-state index in [-0.39, 0.29) is 18.0 Å². The minimum atomic E-state index is -0.493. The summed E-state index contributed by atoms with van der Waals surface area (Å²) in [4.78, 5) is 14.3. The van der Waals surface area contributed by atoms with Gasteiger partial charge in [0.05, 0.1) is 0 Å². The molecule has 0 radical (unpaired) electrons. The van der Waals surface area contributed by atoms with Crippen molar-refractivity contribution < 1.29 is 13.9 Å². The third-order valence-corrected chi connectivity index (χ3v) is 3.92. The van der Waals surface area contributed by atoms with Crippen LogP contribution in [0.15, 0.2) is 24.3 Å². The van der Waals surface area contributed by atoms with E-state index < -0.39 is 5.60 Å². The summed E-state index contributed by atoms with van der Waals surface area (Å²) >= 11 is 0. The Kier molecular flexibility index (Phi) is 5.43. The number of amides is 1. The van der Waals surface area contributed by atoms with Gasteiger partial charge in [-0.1, -0.05) is 25.0 Å². The van der Waals surface area contributed by atoms with Gasteiger partial charge in [0.2, 0.25) is 0 Å². The van der Waals surface area contributed by atoms with Crippen LogP contribution in [0, 0.1) is 5.82 Å². The second kappa shape index (κ2) is 7.12. The molecule has 0 bridgehead atoms. The molecule has 0 spiro atoms. The Labute approximate surface area is 132 Å². The zero-order valence-electron chi connectivity index (χ0n) is 13.8. The van der Waals surface area contributed by atoms with Crippen LogP contribution >= 0.6 is 0 Å². The van der Waals surface area contributed by atoms with Crippen molar-refractivity contribution >= 4 is 6.09 Å². The molecule has 1 aromatic rings. The van der Waals surface area contributed by atoms with E-state index >= 15 is 0 Å². The van der Waals surface area contributed by atoms with Crippen LogP contribution in [0.3, 0.4) is 0 Å². The van der Waals surface area contributed by atoms with E-state index in [2.05, 4.69) is 0 Å². The monoisotopic (exact) mass is 307 g/mol. The third kappa shape index (κ3) is 5.00. The van der Waals surface area contributed by atoms with E-state index in [0.717, 1.165) is 31.2 Å². The van der Waals surface area contributed by atoms with Gasteiger partial charge in [0.15, 0.2) is 0 Å². The van der Waals surface area contributed by atoms with Crippen molar-refractivity contribution in [1.82, 2.24) is 4.90 Å². The largest absolute Gasteiger partial charge is 0.444 e. The Balaban J connectivity index is 2.02. The molecule has 1 aromatic carbocycles. The normalized spacial score (nSPS) is 15.8. The van der Waals surface area contributed by atoms with Crippen molar-refractivity contribution in [3.63, 3.8) is 0 Å². The number of hydrogen-bond donors (Lipinski definition) is 0. The maximum Gasteiger partial charge on any atom is 0.410 e. The quantitative estimate of drug-likeness (QED) is 0.817. The van der Waals surface area contributed by atoms with Gasteiger partial charge >= 0.3 is 6.09 Å². The van der Waals surface area contributed by atoms with Gasteiger partial charge < -0.3 is 9.64 Å². The zero-order valence-corrected chi connectivity index (χ0v) is 13.8. The lowest BCUT2D eigenvalue weighted by atomic mass is 10.1. The topological polar surface area (TPSA) is 29.5 Å². The molecule has 0 atom stereocenters. The number of carbonyl (C=O) groups excluding carboxylic acids is 1. The fourth-order valence-electron chi connectivity index (χ4n) is 2.90. The summed E-state index contributed by atoms with van der Waals surface area (Å²) in [5.41, 5.74) is 0.416. The average Bonchev–Trinajstić information content (AvgIpc) is 2.91. The molecule has 3 nitrogen and oxygen atoms in total. The number of halogens is 1. The Bertz CT molecular complexity index is 504. The summed E-state index contributed by atoms with van der Waals surface area (Å²) < 4.78 is 18.8. The average molecular weight is 307 g/mol. The van der Waals surface area contributed by atoms with Crippen LogP contribution in [-0.4, -0.2) is 29.2 Å². The standard InChI is InChI=1S/C18H26FNO2/c1-18(2,3)22-17(21)20(16-9-4-5-10-16)12-11-14-7-6-8-15(19)13-14/h6-8,13,16H,4-5,9-12H2,1-3H3. The molecule has 122 valence electrons. The molecule has 1 aliphatic carbocycles. The Morgan fingerprint density at radius 1 is 1.32 bits per heavy atom. The highest BCUT2D eigenvalue weighted by atomic mass is 19.1. The summed E-state index contributed by atoms with van der Waals surface area (Å²) in [6.45, 7) is 6.21. The predicted octanol–water partition coefficient (Wildman–Crippen LogP) is 4.55. The van der Waals surface area contributed by atoms with E-state index in [1.807, 2.05) is 31.7 Å².